The molecule has 0 unspecified atom stereocenters. The van der Waals surface area contributed by atoms with E-state index in [-0.39, 0.29) is 12.0 Å². The van der Waals surface area contributed by atoms with Crippen LogP contribution < -0.4 is 4.74 Å². The highest BCUT2D eigenvalue weighted by Gasteiger charge is 2.25. The molecule has 2 aromatic carbocycles. The number of ether oxygens (including phenoxy) is 1. The maximum Gasteiger partial charge on any atom is 0.257 e. The standard InChI is InChI=1S/C27H33N3O2/c1-20-24(22-9-3-5-11-25(22)28-20)19-29-17-13-21(14-18-29)32-26-12-6-4-10-23(26)27(31)30-15-7-2-8-16-30/h3-6,9-12,21,28H,2,7-8,13-19H2,1H3. The van der Waals surface area contributed by atoms with E-state index >= 15 is 0 Å². The van der Waals surface area contributed by atoms with Crippen LogP contribution in [0.25, 0.3) is 10.9 Å². The number of aromatic amines is 1. The Morgan fingerprint density at radius 1 is 0.969 bits per heavy atom. The van der Waals surface area contributed by atoms with Crippen molar-refractivity contribution >= 4 is 16.8 Å². The molecule has 5 nitrogen and oxygen atoms in total. The first kappa shape index (κ1) is 21.1. The Morgan fingerprint density at radius 2 is 1.69 bits per heavy atom. The second-order valence-corrected chi connectivity index (χ2v) is 9.22. The predicted octanol–water partition coefficient (Wildman–Crippen LogP) is 5.15. The van der Waals surface area contributed by atoms with E-state index in [2.05, 4.69) is 41.1 Å². The number of amides is 1. The molecule has 5 heteroatoms. The Balaban J connectivity index is 1.21. The van der Waals surface area contributed by atoms with Crippen LogP contribution in [0.15, 0.2) is 48.5 Å². The van der Waals surface area contributed by atoms with Gasteiger partial charge in [-0.2, -0.15) is 0 Å². The fourth-order valence-corrected chi connectivity index (χ4v) is 5.14. The molecule has 0 saturated carbocycles. The molecule has 1 N–H and O–H groups in total. The van der Waals surface area contributed by atoms with Gasteiger partial charge in [0.1, 0.15) is 11.9 Å². The van der Waals surface area contributed by atoms with E-state index in [1.54, 1.807) is 0 Å². The summed E-state index contributed by atoms with van der Waals surface area (Å²) < 4.78 is 6.40. The van der Waals surface area contributed by atoms with Crippen molar-refractivity contribution in [2.24, 2.45) is 0 Å². The molecule has 2 aliphatic heterocycles. The molecular formula is C27H33N3O2. The van der Waals surface area contributed by atoms with Crippen LogP contribution in [-0.4, -0.2) is 53.0 Å². The number of nitrogens with zero attached hydrogens (tertiary/aromatic N) is 2. The van der Waals surface area contributed by atoms with Gasteiger partial charge in [-0.1, -0.05) is 30.3 Å². The molecule has 0 aliphatic carbocycles. The monoisotopic (exact) mass is 431 g/mol. The lowest BCUT2D eigenvalue weighted by Gasteiger charge is -2.33. The second-order valence-electron chi connectivity index (χ2n) is 9.22. The molecule has 3 heterocycles. The fraction of sp³-hybridized carbons (Fsp3) is 0.444. The number of nitrogens with one attached hydrogen (secondary N) is 1. The number of rotatable bonds is 5. The molecule has 2 aliphatic rings. The first-order valence-electron chi connectivity index (χ1n) is 12.0. The average Bonchev–Trinajstić information content (AvgIpc) is 3.15. The third-order valence-electron chi connectivity index (χ3n) is 7.00. The Kier molecular flexibility index (Phi) is 6.17. The molecule has 0 radical (unpaired) electrons. The number of carbonyl (C=O) groups is 1. The lowest BCUT2D eigenvalue weighted by atomic mass is 10.0. The van der Waals surface area contributed by atoms with Crippen molar-refractivity contribution in [1.29, 1.82) is 0 Å². The molecule has 32 heavy (non-hydrogen) atoms. The van der Waals surface area contributed by atoms with Crippen LogP contribution in [0.3, 0.4) is 0 Å². The van der Waals surface area contributed by atoms with Gasteiger partial charge in [-0.25, -0.2) is 0 Å². The second kappa shape index (κ2) is 9.37. The van der Waals surface area contributed by atoms with Gasteiger partial charge >= 0.3 is 0 Å². The van der Waals surface area contributed by atoms with Gasteiger partial charge in [0.2, 0.25) is 0 Å². The summed E-state index contributed by atoms with van der Waals surface area (Å²) in [7, 11) is 0. The number of aryl methyl sites for hydroxylation is 1. The summed E-state index contributed by atoms with van der Waals surface area (Å²) in [6, 6.07) is 16.3. The third kappa shape index (κ3) is 4.40. The minimum absolute atomic E-state index is 0.118. The summed E-state index contributed by atoms with van der Waals surface area (Å²) in [5.74, 6) is 0.863. The highest BCUT2D eigenvalue weighted by molar-refractivity contribution is 5.97. The number of fused-ring (bicyclic) bond motifs is 1. The van der Waals surface area contributed by atoms with Crippen molar-refractivity contribution in [3.63, 3.8) is 0 Å². The van der Waals surface area contributed by atoms with Crippen molar-refractivity contribution in [2.75, 3.05) is 26.2 Å². The van der Waals surface area contributed by atoms with E-state index in [1.807, 2.05) is 29.2 Å². The number of carbonyl (C=O) groups excluding carboxylic acids is 1. The van der Waals surface area contributed by atoms with Crippen LogP contribution in [0, 0.1) is 6.92 Å². The van der Waals surface area contributed by atoms with Crippen LogP contribution in [-0.2, 0) is 6.54 Å². The molecule has 0 bridgehead atoms. The number of benzene rings is 2. The largest absolute Gasteiger partial charge is 0.489 e. The first-order chi connectivity index (χ1) is 15.7. The Labute approximate surface area is 190 Å². The van der Waals surface area contributed by atoms with Gasteiger partial charge < -0.3 is 14.6 Å². The minimum Gasteiger partial charge on any atom is -0.489 e. The van der Waals surface area contributed by atoms with Gasteiger partial charge in [0.15, 0.2) is 0 Å². The zero-order valence-electron chi connectivity index (χ0n) is 19.0. The Hall–Kier alpha value is -2.79. The van der Waals surface area contributed by atoms with E-state index in [9.17, 15) is 4.79 Å². The SMILES string of the molecule is Cc1[nH]c2ccccc2c1CN1CCC(Oc2ccccc2C(=O)N2CCCCC2)CC1. The summed E-state index contributed by atoms with van der Waals surface area (Å²) in [5, 5.41) is 1.33. The molecule has 2 saturated heterocycles. The van der Waals surface area contributed by atoms with Crippen molar-refractivity contribution in [2.45, 2.75) is 51.7 Å². The van der Waals surface area contributed by atoms with E-state index < -0.39 is 0 Å². The smallest absolute Gasteiger partial charge is 0.257 e. The Morgan fingerprint density at radius 3 is 2.50 bits per heavy atom. The predicted molar refractivity (Wildman–Crippen MR) is 128 cm³/mol. The third-order valence-corrected chi connectivity index (χ3v) is 7.00. The number of piperidine rings is 2. The normalized spacial score (nSPS) is 18.2. The van der Waals surface area contributed by atoms with Gasteiger partial charge in [-0.15, -0.1) is 0 Å². The van der Waals surface area contributed by atoms with Crippen molar-refractivity contribution in [1.82, 2.24) is 14.8 Å². The van der Waals surface area contributed by atoms with E-state index in [0.29, 0.717) is 5.56 Å². The quantitative estimate of drug-likeness (QED) is 0.608. The van der Waals surface area contributed by atoms with Gasteiger partial charge in [0.05, 0.1) is 5.56 Å². The lowest BCUT2D eigenvalue weighted by molar-refractivity contribution is 0.0702. The number of hydrogen-bond donors (Lipinski definition) is 1. The van der Waals surface area contributed by atoms with Crippen LogP contribution in [0.4, 0.5) is 0 Å². The summed E-state index contributed by atoms with van der Waals surface area (Å²) in [6.45, 7) is 6.86. The maximum absolute atomic E-state index is 13.1. The molecule has 0 atom stereocenters. The van der Waals surface area contributed by atoms with Crippen LogP contribution in [0.1, 0.15) is 53.7 Å². The first-order valence-corrected chi connectivity index (χ1v) is 12.0. The van der Waals surface area contributed by atoms with Crippen LogP contribution >= 0.6 is 0 Å². The number of H-pyrrole nitrogens is 1. The van der Waals surface area contributed by atoms with E-state index in [1.165, 1.54) is 28.6 Å². The molecule has 0 spiro atoms. The van der Waals surface area contributed by atoms with Gasteiger partial charge in [0, 0.05) is 49.3 Å². The van der Waals surface area contributed by atoms with Crippen molar-refractivity contribution < 1.29 is 9.53 Å². The topological polar surface area (TPSA) is 48.6 Å². The summed E-state index contributed by atoms with van der Waals surface area (Å²) in [6.07, 6.45) is 5.54. The summed E-state index contributed by atoms with van der Waals surface area (Å²) >= 11 is 0. The summed E-state index contributed by atoms with van der Waals surface area (Å²) in [4.78, 5) is 21.1. The number of aromatic nitrogens is 1. The van der Waals surface area contributed by atoms with Crippen molar-refractivity contribution in [3.8, 4) is 5.75 Å². The number of hydrogen-bond acceptors (Lipinski definition) is 3. The highest BCUT2D eigenvalue weighted by Crippen LogP contribution is 2.28. The minimum atomic E-state index is 0.118. The number of likely N-dealkylation sites (tertiary alicyclic amines) is 2. The number of para-hydroxylation sites is 2. The molecule has 5 rings (SSSR count). The molecule has 1 amide bonds. The molecule has 3 aromatic rings. The molecular weight excluding hydrogens is 398 g/mol. The highest BCUT2D eigenvalue weighted by atomic mass is 16.5. The Bertz CT molecular complexity index is 1080. The zero-order valence-corrected chi connectivity index (χ0v) is 19.0. The lowest BCUT2D eigenvalue weighted by Crippen LogP contribution is -2.38. The fourth-order valence-electron chi connectivity index (χ4n) is 5.14. The maximum atomic E-state index is 13.1. The van der Waals surface area contributed by atoms with Gasteiger partial charge in [-0.05, 0) is 62.8 Å². The summed E-state index contributed by atoms with van der Waals surface area (Å²) in [5.41, 5.74) is 4.59. The zero-order chi connectivity index (χ0) is 21.9. The molecule has 1 aromatic heterocycles. The average molecular weight is 432 g/mol. The van der Waals surface area contributed by atoms with Crippen LogP contribution in [0.5, 0.6) is 5.75 Å². The van der Waals surface area contributed by atoms with Gasteiger partial charge in [0.25, 0.3) is 5.91 Å². The van der Waals surface area contributed by atoms with E-state index in [4.69, 9.17) is 4.74 Å². The molecule has 2 fully saturated rings. The van der Waals surface area contributed by atoms with Crippen LogP contribution in [0.2, 0.25) is 0 Å². The van der Waals surface area contributed by atoms with Crippen molar-refractivity contribution in [3.05, 3.63) is 65.4 Å². The molecule has 168 valence electrons. The van der Waals surface area contributed by atoms with E-state index in [0.717, 1.165) is 64.2 Å². The van der Waals surface area contributed by atoms with Gasteiger partial charge in [-0.3, -0.25) is 9.69 Å².